The van der Waals surface area contributed by atoms with Crippen LogP contribution in [0.1, 0.15) is 57.3 Å². The number of esters is 1. The second-order valence-electron chi connectivity index (χ2n) is 8.92. The molecule has 0 unspecified atom stereocenters. The van der Waals surface area contributed by atoms with Gasteiger partial charge in [-0.05, 0) is 42.7 Å². The molecule has 35 heavy (non-hydrogen) atoms. The van der Waals surface area contributed by atoms with Gasteiger partial charge in [0, 0.05) is 30.6 Å². The first-order valence-corrected chi connectivity index (χ1v) is 12.7. The summed E-state index contributed by atoms with van der Waals surface area (Å²) < 4.78 is 10.1. The van der Waals surface area contributed by atoms with Crippen LogP contribution in [0.2, 0.25) is 5.02 Å². The van der Waals surface area contributed by atoms with Crippen molar-refractivity contribution in [3.63, 3.8) is 0 Å². The van der Waals surface area contributed by atoms with Crippen molar-refractivity contribution in [2.24, 2.45) is 0 Å². The van der Waals surface area contributed by atoms with Crippen molar-refractivity contribution < 1.29 is 9.53 Å². The second-order valence-corrected chi connectivity index (χ2v) is 9.35. The molecule has 0 spiro atoms. The number of halogens is 1. The topological polar surface area (TPSA) is 61.4 Å². The van der Waals surface area contributed by atoms with Gasteiger partial charge in [0.2, 0.25) is 0 Å². The number of aryl methyl sites for hydroxylation is 1. The molecule has 0 N–H and O–H groups in total. The Morgan fingerprint density at radius 3 is 2.51 bits per heavy atom. The van der Waals surface area contributed by atoms with Gasteiger partial charge in [0.05, 0.1) is 11.0 Å². The number of aromatic nitrogens is 4. The predicted octanol–water partition coefficient (Wildman–Crippen LogP) is 6.98. The molecule has 5 rings (SSSR count). The summed E-state index contributed by atoms with van der Waals surface area (Å²) in [5.74, 6) is 1.23. The van der Waals surface area contributed by atoms with E-state index in [1.165, 1.54) is 0 Å². The molecule has 3 aromatic heterocycles. The van der Waals surface area contributed by atoms with Gasteiger partial charge in [0.1, 0.15) is 16.9 Å². The van der Waals surface area contributed by atoms with E-state index in [1.807, 2.05) is 48.7 Å². The number of hydrogen-bond donors (Lipinski definition) is 0. The van der Waals surface area contributed by atoms with Gasteiger partial charge in [0.25, 0.3) is 0 Å². The molecule has 6 nitrogen and oxygen atoms in total. The fraction of sp³-hybridized carbons (Fsp3) is 0.321. The van der Waals surface area contributed by atoms with Crippen LogP contribution in [0.3, 0.4) is 0 Å². The number of carbonyl (C=O) groups is 1. The molecule has 0 aliphatic carbocycles. The van der Waals surface area contributed by atoms with Crippen LogP contribution in [-0.2, 0) is 17.8 Å². The maximum atomic E-state index is 12.6. The van der Waals surface area contributed by atoms with Crippen LogP contribution in [0.15, 0.2) is 54.7 Å². The lowest BCUT2D eigenvalue weighted by molar-refractivity contribution is -0.134. The molecule has 2 aromatic carbocycles. The fourth-order valence-electron chi connectivity index (χ4n) is 4.46. The average molecular weight is 489 g/mol. The average Bonchev–Trinajstić information content (AvgIpc) is 3.41. The zero-order chi connectivity index (χ0) is 24.4. The van der Waals surface area contributed by atoms with Crippen LogP contribution in [0, 0.1) is 0 Å². The Morgan fingerprint density at radius 2 is 1.74 bits per heavy atom. The maximum Gasteiger partial charge on any atom is 0.311 e. The smallest absolute Gasteiger partial charge is 0.311 e. The van der Waals surface area contributed by atoms with Crippen LogP contribution in [0.5, 0.6) is 5.75 Å². The lowest BCUT2D eigenvalue weighted by Gasteiger charge is -2.10. The van der Waals surface area contributed by atoms with Gasteiger partial charge in [0.15, 0.2) is 11.4 Å². The van der Waals surface area contributed by atoms with E-state index in [9.17, 15) is 4.79 Å². The number of nitrogens with zero attached hydrogens (tertiary/aromatic N) is 4. The molecule has 0 amide bonds. The fourth-order valence-corrected chi connectivity index (χ4v) is 4.59. The third-order valence-electron chi connectivity index (χ3n) is 6.27. The molecule has 0 saturated carbocycles. The van der Waals surface area contributed by atoms with Crippen molar-refractivity contribution >= 4 is 45.3 Å². The van der Waals surface area contributed by atoms with Crippen molar-refractivity contribution in [1.82, 2.24) is 18.9 Å². The molecule has 180 valence electrons. The molecule has 0 saturated heterocycles. The Hall–Kier alpha value is -3.38. The summed E-state index contributed by atoms with van der Waals surface area (Å²) >= 11 is 6.10. The standard InChI is InChI=1S/C28H29ClN4O2/c1-3-5-11-24-31-27-26(28-30-21-9-7-8-10-22(21)33(24)28)23(35-25(34)12-6-4-2)18-32(27)17-19-13-15-20(29)16-14-19/h7-10,13-16,18H,3-6,11-12,17H2,1-2H3. The summed E-state index contributed by atoms with van der Waals surface area (Å²) in [6.45, 7) is 4.82. The highest BCUT2D eigenvalue weighted by atomic mass is 35.5. The van der Waals surface area contributed by atoms with Crippen molar-refractivity contribution in [2.45, 2.75) is 58.9 Å². The van der Waals surface area contributed by atoms with Crippen molar-refractivity contribution in [1.29, 1.82) is 0 Å². The molecule has 7 heteroatoms. The minimum atomic E-state index is -0.235. The highest BCUT2D eigenvalue weighted by Gasteiger charge is 2.22. The Balaban J connectivity index is 1.74. The van der Waals surface area contributed by atoms with Gasteiger partial charge in [-0.2, -0.15) is 0 Å². The largest absolute Gasteiger partial charge is 0.424 e. The summed E-state index contributed by atoms with van der Waals surface area (Å²) in [6.07, 6.45) is 6.93. The van der Waals surface area contributed by atoms with E-state index in [1.54, 1.807) is 0 Å². The molecule has 3 heterocycles. The zero-order valence-corrected chi connectivity index (χ0v) is 20.9. The molecule has 0 fully saturated rings. The van der Waals surface area contributed by atoms with Crippen molar-refractivity contribution in [3.05, 3.63) is 71.1 Å². The van der Waals surface area contributed by atoms with E-state index >= 15 is 0 Å². The van der Waals surface area contributed by atoms with Gasteiger partial charge in [-0.3, -0.25) is 9.20 Å². The van der Waals surface area contributed by atoms with Gasteiger partial charge >= 0.3 is 5.97 Å². The molecular weight excluding hydrogens is 460 g/mol. The Bertz CT molecular complexity index is 1500. The number of rotatable bonds is 9. The molecule has 0 radical (unpaired) electrons. The molecule has 5 aromatic rings. The third-order valence-corrected chi connectivity index (χ3v) is 6.52. The monoisotopic (exact) mass is 488 g/mol. The molecule has 0 bridgehead atoms. The first-order valence-electron chi connectivity index (χ1n) is 12.3. The van der Waals surface area contributed by atoms with E-state index < -0.39 is 0 Å². The molecule has 0 atom stereocenters. The molecule has 0 aliphatic heterocycles. The minimum Gasteiger partial charge on any atom is -0.424 e. The quantitative estimate of drug-likeness (QED) is 0.210. The highest BCUT2D eigenvalue weighted by Crippen LogP contribution is 2.34. The summed E-state index contributed by atoms with van der Waals surface area (Å²) in [7, 11) is 0. The van der Waals surface area contributed by atoms with Crippen LogP contribution >= 0.6 is 11.6 Å². The van der Waals surface area contributed by atoms with Crippen LogP contribution in [-0.4, -0.2) is 24.9 Å². The Kier molecular flexibility index (Phi) is 6.73. The number of imidazole rings is 1. The number of benzene rings is 2. The lowest BCUT2D eigenvalue weighted by Crippen LogP contribution is -2.07. The number of para-hydroxylation sites is 2. The first-order chi connectivity index (χ1) is 17.1. The van der Waals surface area contributed by atoms with E-state index in [-0.39, 0.29) is 5.97 Å². The van der Waals surface area contributed by atoms with Crippen molar-refractivity contribution in [2.75, 3.05) is 0 Å². The number of carbonyl (C=O) groups excluding carboxylic acids is 1. The highest BCUT2D eigenvalue weighted by molar-refractivity contribution is 6.30. The summed E-state index contributed by atoms with van der Waals surface area (Å²) in [4.78, 5) is 22.8. The van der Waals surface area contributed by atoms with E-state index in [2.05, 4.69) is 28.9 Å². The Morgan fingerprint density at radius 1 is 0.971 bits per heavy atom. The molecular formula is C28H29ClN4O2. The zero-order valence-electron chi connectivity index (χ0n) is 20.1. The third kappa shape index (κ3) is 4.63. The second kappa shape index (κ2) is 10.1. The summed E-state index contributed by atoms with van der Waals surface area (Å²) in [5, 5.41) is 1.46. The van der Waals surface area contributed by atoms with Crippen LogP contribution in [0.4, 0.5) is 0 Å². The van der Waals surface area contributed by atoms with E-state index in [4.69, 9.17) is 26.3 Å². The van der Waals surface area contributed by atoms with Gasteiger partial charge < -0.3 is 9.30 Å². The van der Waals surface area contributed by atoms with Gasteiger partial charge in [-0.25, -0.2) is 9.97 Å². The minimum absolute atomic E-state index is 0.235. The number of hydrogen-bond acceptors (Lipinski definition) is 4. The number of unbranched alkanes of at least 4 members (excludes halogenated alkanes) is 2. The normalized spacial score (nSPS) is 11.6. The SMILES string of the molecule is CCCCC(=O)Oc1cn(Cc2ccc(Cl)cc2)c2nc(CCCC)n3c4ccccc4nc3c12. The predicted molar refractivity (Wildman–Crippen MR) is 140 cm³/mol. The lowest BCUT2D eigenvalue weighted by atomic mass is 10.2. The first kappa shape index (κ1) is 23.4. The van der Waals surface area contributed by atoms with Crippen LogP contribution in [0.25, 0.3) is 27.7 Å². The number of fused-ring (bicyclic) bond motifs is 5. The molecule has 0 aliphatic rings. The van der Waals surface area contributed by atoms with Crippen molar-refractivity contribution in [3.8, 4) is 5.75 Å². The summed E-state index contributed by atoms with van der Waals surface area (Å²) in [6, 6.07) is 15.8. The van der Waals surface area contributed by atoms with Gasteiger partial charge in [-0.15, -0.1) is 0 Å². The van der Waals surface area contributed by atoms with Crippen LogP contribution < -0.4 is 4.74 Å². The number of ether oxygens (including phenoxy) is 1. The van der Waals surface area contributed by atoms with E-state index in [0.29, 0.717) is 23.7 Å². The van der Waals surface area contributed by atoms with E-state index in [0.717, 1.165) is 71.2 Å². The summed E-state index contributed by atoms with van der Waals surface area (Å²) in [5.41, 5.74) is 4.54. The van der Waals surface area contributed by atoms with Gasteiger partial charge in [-0.1, -0.05) is 62.6 Å². The Labute approximate surface area is 209 Å². The maximum absolute atomic E-state index is 12.6.